The van der Waals surface area contributed by atoms with Crippen LogP contribution in [0, 0.1) is 5.82 Å². The predicted octanol–water partition coefficient (Wildman–Crippen LogP) is 3.61. The first-order chi connectivity index (χ1) is 16.6. The molecule has 10 nitrogen and oxygen atoms in total. The topological polar surface area (TPSA) is 103 Å². The minimum Gasteiger partial charge on any atom is -0.454 e. The van der Waals surface area contributed by atoms with Crippen LogP contribution in [0.15, 0.2) is 6.20 Å². The maximum absolute atomic E-state index is 14.4. The molecule has 2 aromatic heterocycles. The van der Waals surface area contributed by atoms with Gasteiger partial charge in [0.2, 0.25) is 0 Å². The van der Waals surface area contributed by atoms with Gasteiger partial charge in [-0.3, -0.25) is 10.00 Å². The Kier molecular flexibility index (Phi) is 6.30. The van der Waals surface area contributed by atoms with Crippen LogP contribution in [0.1, 0.15) is 45.9 Å². The third-order valence-corrected chi connectivity index (χ3v) is 6.93. The molecule has 4 rings (SSSR count). The van der Waals surface area contributed by atoms with Crippen molar-refractivity contribution in [2.45, 2.75) is 64.5 Å². The smallest absolute Gasteiger partial charge is 0.422 e. The lowest BCUT2D eigenvalue weighted by molar-refractivity contribution is -0.154. The zero-order valence-electron chi connectivity index (χ0n) is 21.0. The number of likely N-dealkylation sites (N-methyl/N-ethyl adjacent to an activating group) is 1. The summed E-state index contributed by atoms with van der Waals surface area (Å²) >= 11 is 0. The molecule has 2 aromatic rings. The first-order valence-electron chi connectivity index (χ1n) is 11.5. The van der Waals surface area contributed by atoms with Crippen LogP contribution >= 0.6 is 0 Å². The zero-order chi connectivity index (χ0) is 26.6. The number of hydrogen-bond acceptors (Lipinski definition) is 7. The highest BCUT2D eigenvalue weighted by Gasteiger charge is 2.47. The van der Waals surface area contributed by atoms with Gasteiger partial charge in [-0.25, -0.2) is 14.2 Å². The Labute approximate surface area is 206 Å². The number of carbonyl (C=O) groups excluding carboxylic acids is 1. The van der Waals surface area contributed by atoms with Crippen LogP contribution < -0.4 is 10.1 Å². The van der Waals surface area contributed by atoms with Crippen molar-refractivity contribution in [3.8, 4) is 6.01 Å². The van der Waals surface area contributed by atoms with E-state index in [2.05, 4.69) is 49.0 Å². The number of carbonyl (C=O) groups is 1. The summed E-state index contributed by atoms with van der Waals surface area (Å²) in [5.74, 6) is -1.09. The molecule has 2 aliphatic heterocycles. The molecule has 1 fully saturated rings. The number of piperazine rings is 1. The molecule has 198 valence electrons. The van der Waals surface area contributed by atoms with E-state index in [1.54, 1.807) is 4.90 Å². The number of nitrogens with zero attached hydrogens (tertiary/aromatic N) is 6. The van der Waals surface area contributed by atoms with Gasteiger partial charge in [0, 0.05) is 30.2 Å². The molecular formula is C22H30F4N8O2. The van der Waals surface area contributed by atoms with Crippen molar-refractivity contribution in [3.63, 3.8) is 0 Å². The van der Waals surface area contributed by atoms with Gasteiger partial charge in [-0.2, -0.15) is 23.3 Å². The summed E-state index contributed by atoms with van der Waals surface area (Å²) in [4.78, 5) is 26.7. The molecule has 2 N–H and O–H groups in total. The van der Waals surface area contributed by atoms with E-state index in [0.29, 0.717) is 24.0 Å². The molecule has 0 aromatic carbocycles. The maximum Gasteiger partial charge on any atom is 0.422 e. The Bertz CT molecular complexity index is 1150. The maximum atomic E-state index is 14.4. The molecule has 14 heteroatoms. The minimum atomic E-state index is -4.59. The lowest BCUT2D eigenvalue weighted by Gasteiger charge is -2.50. The molecule has 1 atom stereocenters. The fourth-order valence-corrected chi connectivity index (χ4v) is 4.54. The fraction of sp³-hybridized carbons (Fsp3) is 0.636. The minimum absolute atomic E-state index is 0.00576. The van der Waals surface area contributed by atoms with Crippen LogP contribution in [0.3, 0.4) is 0 Å². The van der Waals surface area contributed by atoms with E-state index in [9.17, 15) is 22.4 Å². The van der Waals surface area contributed by atoms with Gasteiger partial charge in [0.15, 0.2) is 24.1 Å². The number of alkyl halides is 3. The summed E-state index contributed by atoms with van der Waals surface area (Å²) in [6.07, 6.45) is -3.88. The summed E-state index contributed by atoms with van der Waals surface area (Å²) in [5.41, 5.74) is 0.371. The monoisotopic (exact) mass is 514 g/mol. The zero-order valence-corrected chi connectivity index (χ0v) is 21.0. The van der Waals surface area contributed by atoms with E-state index in [4.69, 9.17) is 0 Å². The third kappa shape index (κ3) is 4.77. The van der Waals surface area contributed by atoms with Crippen LogP contribution in [0.2, 0.25) is 0 Å². The van der Waals surface area contributed by atoms with Crippen molar-refractivity contribution in [1.29, 1.82) is 0 Å². The third-order valence-electron chi connectivity index (χ3n) is 6.93. The van der Waals surface area contributed by atoms with Crippen molar-refractivity contribution < 1.29 is 27.1 Å². The average Bonchev–Trinajstić information content (AvgIpc) is 3.28. The van der Waals surface area contributed by atoms with Gasteiger partial charge in [-0.1, -0.05) is 0 Å². The first-order valence-corrected chi connectivity index (χ1v) is 11.5. The largest absolute Gasteiger partial charge is 0.454 e. The fourth-order valence-electron chi connectivity index (χ4n) is 4.54. The van der Waals surface area contributed by atoms with Crippen LogP contribution in [0.4, 0.5) is 34.0 Å². The number of rotatable bonds is 4. The number of aromatic nitrogens is 4. The van der Waals surface area contributed by atoms with E-state index in [1.165, 1.54) is 0 Å². The van der Waals surface area contributed by atoms with Crippen molar-refractivity contribution in [2.24, 2.45) is 0 Å². The normalized spacial score (nSPS) is 21.4. The Morgan fingerprint density at radius 1 is 1.28 bits per heavy atom. The number of aromatic amines is 1. The number of ether oxygens (including phenoxy) is 1. The van der Waals surface area contributed by atoms with E-state index in [0.717, 1.165) is 6.54 Å². The number of nitrogens with one attached hydrogen (secondary N) is 2. The molecule has 4 heterocycles. The number of halogens is 4. The van der Waals surface area contributed by atoms with Crippen molar-refractivity contribution in [2.75, 3.05) is 32.1 Å². The van der Waals surface area contributed by atoms with Crippen molar-refractivity contribution >= 4 is 17.7 Å². The Morgan fingerprint density at radius 3 is 2.64 bits per heavy atom. The van der Waals surface area contributed by atoms with E-state index in [-0.39, 0.29) is 30.0 Å². The Balaban J connectivity index is 1.55. The Hall–Kier alpha value is -3.16. The highest BCUT2D eigenvalue weighted by molar-refractivity contribution is 5.78. The summed E-state index contributed by atoms with van der Waals surface area (Å²) in [5, 5.41) is 9.82. The number of fused-ring (bicyclic) bond motifs is 1. The lowest BCUT2D eigenvalue weighted by Crippen LogP contribution is -2.65. The molecule has 0 bridgehead atoms. The lowest BCUT2D eigenvalue weighted by atomic mass is 9.96. The highest BCUT2D eigenvalue weighted by Crippen LogP contribution is 2.42. The number of amides is 2. The van der Waals surface area contributed by atoms with Gasteiger partial charge in [-0.15, -0.1) is 0 Å². The molecule has 0 radical (unpaired) electrons. The molecule has 1 saturated heterocycles. The standard InChI is InChI=1S/C22H30F4N8O2/c1-12-8-32(6)20(2,3)10-33(12)19(35)34-9-13-15(21(34,4)5)30-31-16(13)28-17-14(23)7-27-18(29-17)36-11-22(24,25)26/h7,12H,8-11H2,1-6H3,(H2,27,28,29,30,31)/t12-/m0/s1. The first kappa shape index (κ1) is 25.9. The van der Waals surface area contributed by atoms with E-state index < -0.39 is 36.0 Å². The van der Waals surface area contributed by atoms with Crippen molar-refractivity contribution in [1.82, 2.24) is 34.9 Å². The van der Waals surface area contributed by atoms with Gasteiger partial charge in [-0.05, 0) is 41.7 Å². The Morgan fingerprint density at radius 2 is 1.97 bits per heavy atom. The second-order valence-corrected chi connectivity index (χ2v) is 10.4. The van der Waals surface area contributed by atoms with Gasteiger partial charge < -0.3 is 19.9 Å². The van der Waals surface area contributed by atoms with Crippen LogP contribution in [-0.2, 0) is 12.1 Å². The molecule has 0 saturated carbocycles. The van der Waals surface area contributed by atoms with E-state index >= 15 is 0 Å². The second-order valence-electron chi connectivity index (χ2n) is 10.4. The molecule has 0 spiro atoms. The molecule has 36 heavy (non-hydrogen) atoms. The molecule has 0 aliphatic carbocycles. The van der Waals surface area contributed by atoms with Gasteiger partial charge in [0.05, 0.1) is 24.0 Å². The highest BCUT2D eigenvalue weighted by atomic mass is 19.4. The van der Waals surface area contributed by atoms with Gasteiger partial charge in [0.25, 0.3) is 0 Å². The van der Waals surface area contributed by atoms with Crippen LogP contribution in [0.5, 0.6) is 6.01 Å². The summed E-state index contributed by atoms with van der Waals surface area (Å²) < 4.78 is 56.2. The number of anilines is 2. The molecular weight excluding hydrogens is 484 g/mol. The predicted molar refractivity (Wildman–Crippen MR) is 122 cm³/mol. The SMILES string of the molecule is C[C@H]1CN(C)C(C)(C)CN1C(=O)N1Cc2c(Nc3nc(OCC(F)(F)F)ncc3F)n[nH]c2C1(C)C. The van der Waals surface area contributed by atoms with Crippen LogP contribution in [0.25, 0.3) is 0 Å². The van der Waals surface area contributed by atoms with Gasteiger partial charge in [0.1, 0.15) is 0 Å². The number of hydrogen-bond donors (Lipinski definition) is 2. The summed E-state index contributed by atoms with van der Waals surface area (Å²) in [7, 11) is 2.04. The van der Waals surface area contributed by atoms with Crippen molar-refractivity contribution in [3.05, 3.63) is 23.3 Å². The molecule has 2 aliphatic rings. The average molecular weight is 515 g/mol. The summed E-state index contributed by atoms with van der Waals surface area (Å²) in [6.45, 7) is 9.84. The summed E-state index contributed by atoms with van der Waals surface area (Å²) in [6, 6.07) is -0.751. The quantitative estimate of drug-likeness (QED) is 0.601. The molecule has 2 amide bonds. The van der Waals surface area contributed by atoms with Crippen LogP contribution in [-0.4, -0.2) is 85.4 Å². The number of urea groups is 1. The second kappa shape index (κ2) is 8.75. The molecule has 0 unspecified atom stereocenters. The van der Waals surface area contributed by atoms with E-state index in [1.807, 2.05) is 32.7 Å². The van der Waals surface area contributed by atoms with Gasteiger partial charge >= 0.3 is 18.2 Å². The number of H-pyrrole nitrogens is 1.